The molecule has 0 radical (unpaired) electrons. The van der Waals surface area contributed by atoms with E-state index >= 15 is 0 Å². The summed E-state index contributed by atoms with van der Waals surface area (Å²) in [4.78, 5) is 40.8. The normalized spacial score (nSPS) is 14.1. The van der Waals surface area contributed by atoms with Crippen LogP contribution in [0.1, 0.15) is 76.7 Å². The first-order chi connectivity index (χ1) is 16.4. The van der Waals surface area contributed by atoms with Crippen LogP contribution < -0.4 is 0 Å². The molecular weight excluding hydrogens is 432 g/mol. The van der Waals surface area contributed by atoms with E-state index in [1.807, 2.05) is 48.7 Å². The minimum Gasteiger partial charge on any atom is -0.464 e. The zero-order chi connectivity index (χ0) is 24.7. The SMILES string of the molecule is CCn1c(C)c(C(=O)CN(C(=O)COCc2ccccc2)C2CCCCC2)c(C)c1C(=O)OC. The standard InChI is InChI=1S/C27H36N2O5/c1-5-28-20(3)25(19(2)26(28)27(32)33-4)23(30)16-29(22-14-10-7-11-15-22)24(31)18-34-17-21-12-8-6-9-13-21/h6,8-9,12-13,22H,5,7,10-11,14-18H2,1-4H3. The van der Waals surface area contributed by atoms with E-state index in [-0.39, 0.29) is 30.9 Å². The van der Waals surface area contributed by atoms with E-state index in [0.29, 0.717) is 30.0 Å². The van der Waals surface area contributed by atoms with Gasteiger partial charge in [-0.3, -0.25) is 9.59 Å². The van der Waals surface area contributed by atoms with Gasteiger partial charge in [-0.2, -0.15) is 0 Å². The number of carbonyl (C=O) groups is 3. The molecule has 1 fully saturated rings. The third kappa shape index (κ3) is 5.76. The lowest BCUT2D eigenvalue weighted by molar-refractivity contribution is -0.139. The van der Waals surface area contributed by atoms with Crippen LogP contribution in [0.5, 0.6) is 0 Å². The van der Waals surface area contributed by atoms with Gasteiger partial charge < -0.3 is 18.9 Å². The van der Waals surface area contributed by atoms with Crippen LogP contribution in [0, 0.1) is 13.8 Å². The van der Waals surface area contributed by atoms with Gasteiger partial charge in [0, 0.05) is 23.8 Å². The Morgan fingerprint density at radius 1 is 1.06 bits per heavy atom. The zero-order valence-electron chi connectivity index (χ0n) is 20.8. The minimum absolute atomic E-state index is 0.0196. The fraction of sp³-hybridized carbons (Fsp3) is 0.519. The van der Waals surface area contributed by atoms with Crippen LogP contribution in [-0.2, 0) is 27.4 Å². The number of ketones is 1. The summed E-state index contributed by atoms with van der Waals surface area (Å²) in [7, 11) is 1.34. The van der Waals surface area contributed by atoms with Crippen molar-refractivity contribution in [1.29, 1.82) is 0 Å². The Morgan fingerprint density at radius 3 is 2.35 bits per heavy atom. The molecule has 1 aliphatic rings. The lowest BCUT2D eigenvalue weighted by Crippen LogP contribution is -2.46. The summed E-state index contributed by atoms with van der Waals surface area (Å²) in [5.41, 5.74) is 3.22. The lowest BCUT2D eigenvalue weighted by Gasteiger charge is -2.34. The highest BCUT2D eigenvalue weighted by Gasteiger charge is 2.31. The van der Waals surface area contributed by atoms with E-state index in [1.165, 1.54) is 7.11 Å². The first kappa shape index (κ1) is 25.7. The molecule has 1 aromatic carbocycles. The molecule has 1 aromatic heterocycles. The highest BCUT2D eigenvalue weighted by Crippen LogP contribution is 2.27. The average molecular weight is 469 g/mol. The molecule has 0 spiro atoms. The molecule has 0 aliphatic heterocycles. The molecule has 1 aliphatic carbocycles. The van der Waals surface area contributed by atoms with Crippen molar-refractivity contribution in [3.63, 3.8) is 0 Å². The van der Waals surface area contributed by atoms with Crippen LogP contribution in [0.4, 0.5) is 0 Å². The number of Topliss-reactive ketones (excluding diaryl/α,β-unsaturated/α-hetero) is 1. The van der Waals surface area contributed by atoms with Crippen LogP contribution in [0.25, 0.3) is 0 Å². The number of benzene rings is 1. The molecule has 1 saturated carbocycles. The highest BCUT2D eigenvalue weighted by molar-refractivity contribution is 6.04. The lowest BCUT2D eigenvalue weighted by atomic mass is 9.93. The van der Waals surface area contributed by atoms with Gasteiger partial charge in [0.2, 0.25) is 5.91 Å². The second kappa shape index (κ2) is 12.0. The molecule has 0 saturated heterocycles. The van der Waals surface area contributed by atoms with Gasteiger partial charge in [0.25, 0.3) is 0 Å². The summed E-state index contributed by atoms with van der Waals surface area (Å²) in [6, 6.07) is 9.74. The van der Waals surface area contributed by atoms with E-state index in [1.54, 1.807) is 11.8 Å². The fourth-order valence-electron chi connectivity index (χ4n) is 5.02. The Bertz CT molecular complexity index is 1010. The molecule has 0 bridgehead atoms. The van der Waals surface area contributed by atoms with Crippen LogP contribution >= 0.6 is 0 Å². The second-order valence-corrected chi connectivity index (χ2v) is 8.88. The van der Waals surface area contributed by atoms with E-state index in [2.05, 4.69) is 0 Å². The molecule has 0 unspecified atom stereocenters. The van der Waals surface area contributed by atoms with Crippen LogP contribution in [-0.4, -0.2) is 53.4 Å². The number of nitrogens with zero attached hydrogens (tertiary/aromatic N) is 2. The van der Waals surface area contributed by atoms with Gasteiger partial charge in [0.05, 0.1) is 20.3 Å². The fourth-order valence-corrected chi connectivity index (χ4v) is 5.02. The first-order valence-corrected chi connectivity index (χ1v) is 12.1. The van der Waals surface area contributed by atoms with Crippen molar-refractivity contribution < 1.29 is 23.9 Å². The number of carbonyl (C=O) groups excluding carboxylic acids is 3. The maximum Gasteiger partial charge on any atom is 0.354 e. The maximum absolute atomic E-state index is 13.5. The Morgan fingerprint density at radius 2 is 1.74 bits per heavy atom. The number of amides is 1. The zero-order valence-corrected chi connectivity index (χ0v) is 20.8. The molecule has 0 N–H and O–H groups in total. The third-order valence-electron chi connectivity index (χ3n) is 6.73. The Kier molecular flexibility index (Phi) is 9.05. The van der Waals surface area contributed by atoms with Gasteiger partial charge in [0.1, 0.15) is 12.3 Å². The molecule has 7 nitrogen and oxygen atoms in total. The van der Waals surface area contributed by atoms with Crippen molar-refractivity contribution in [3.05, 3.63) is 58.4 Å². The number of ether oxygens (including phenoxy) is 2. The molecule has 34 heavy (non-hydrogen) atoms. The number of rotatable bonds is 10. The minimum atomic E-state index is -0.462. The van der Waals surface area contributed by atoms with Crippen molar-refractivity contribution in [2.75, 3.05) is 20.3 Å². The van der Waals surface area contributed by atoms with Crippen molar-refractivity contribution >= 4 is 17.7 Å². The summed E-state index contributed by atoms with van der Waals surface area (Å²) in [6.07, 6.45) is 5.02. The van der Waals surface area contributed by atoms with Crippen molar-refractivity contribution in [2.24, 2.45) is 0 Å². The second-order valence-electron chi connectivity index (χ2n) is 8.88. The molecule has 2 aromatic rings. The average Bonchev–Trinajstić information content (AvgIpc) is 3.12. The summed E-state index contributed by atoms with van der Waals surface area (Å²) >= 11 is 0. The molecule has 7 heteroatoms. The number of aromatic nitrogens is 1. The molecule has 0 atom stereocenters. The van der Waals surface area contributed by atoms with Gasteiger partial charge in [-0.05, 0) is 44.7 Å². The first-order valence-electron chi connectivity index (χ1n) is 12.1. The highest BCUT2D eigenvalue weighted by atomic mass is 16.5. The number of hydrogen-bond donors (Lipinski definition) is 0. The molecule has 3 rings (SSSR count). The smallest absolute Gasteiger partial charge is 0.354 e. The van der Waals surface area contributed by atoms with Crippen molar-refractivity contribution in [1.82, 2.24) is 9.47 Å². The number of esters is 1. The molecule has 1 amide bonds. The van der Waals surface area contributed by atoms with Gasteiger partial charge in [0.15, 0.2) is 5.78 Å². The third-order valence-corrected chi connectivity index (χ3v) is 6.73. The van der Waals surface area contributed by atoms with Gasteiger partial charge in [-0.1, -0.05) is 49.6 Å². The predicted molar refractivity (Wildman–Crippen MR) is 130 cm³/mol. The van der Waals surface area contributed by atoms with E-state index in [4.69, 9.17) is 9.47 Å². The van der Waals surface area contributed by atoms with Gasteiger partial charge in [-0.25, -0.2) is 4.79 Å². The monoisotopic (exact) mass is 468 g/mol. The summed E-state index contributed by atoms with van der Waals surface area (Å²) < 4.78 is 12.5. The van der Waals surface area contributed by atoms with Crippen LogP contribution in [0.2, 0.25) is 0 Å². The Hall–Kier alpha value is -2.93. The number of hydrogen-bond acceptors (Lipinski definition) is 5. The van der Waals surface area contributed by atoms with E-state index in [0.717, 1.165) is 43.4 Å². The Balaban J connectivity index is 1.79. The van der Waals surface area contributed by atoms with Crippen LogP contribution in [0.15, 0.2) is 30.3 Å². The largest absolute Gasteiger partial charge is 0.464 e. The van der Waals surface area contributed by atoms with Crippen LogP contribution in [0.3, 0.4) is 0 Å². The number of methoxy groups -OCH3 is 1. The molecule has 184 valence electrons. The van der Waals surface area contributed by atoms with Gasteiger partial charge >= 0.3 is 5.97 Å². The van der Waals surface area contributed by atoms with Crippen molar-refractivity contribution in [2.45, 2.75) is 72.1 Å². The quantitative estimate of drug-likeness (QED) is 0.380. The summed E-state index contributed by atoms with van der Waals surface area (Å²) in [5.74, 6) is -0.792. The van der Waals surface area contributed by atoms with Gasteiger partial charge in [-0.15, -0.1) is 0 Å². The van der Waals surface area contributed by atoms with E-state index in [9.17, 15) is 14.4 Å². The maximum atomic E-state index is 13.5. The molecule has 1 heterocycles. The van der Waals surface area contributed by atoms with E-state index < -0.39 is 5.97 Å². The molecular formula is C27H36N2O5. The topological polar surface area (TPSA) is 77.8 Å². The Labute approximate surface area is 202 Å². The summed E-state index contributed by atoms with van der Waals surface area (Å²) in [5, 5.41) is 0. The predicted octanol–water partition coefficient (Wildman–Crippen LogP) is 4.47. The summed E-state index contributed by atoms with van der Waals surface area (Å²) in [6.45, 7) is 6.34. The van der Waals surface area contributed by atoms with Crippen molar-refractivity contribution in [3.8, 4) is 0 Å².